The van der Waals surface area contributed by atoms with Gasteiger partial charge in [-0.25, -0.2) is 0 Å². The number of ether oxygens (including phenoxy) is 4. The first-order valence-corrected chi connectivity index (χ1v) is 11.1. The Morgan fingerprint density at radius 1 is 1.25 bits per heavy atom. The van der Waals surface area contributed by atoms with Crippen molar-refractivity contribution in [2.75, 3.05) is 19.8 Å². The van der Waals surface area contributed by atoms with Crippen molar-refractivity contribution in [3.05, 3.63) is 82.9 Å². The van der Waals surface area contributed by atoms with E-state index in [9.17, 15) is 4.79 Å². The predicted octanol–water partition coefficient (Wildman–Crippen LogP) is 5.84. The molecule has 0 unspecified atom stereocenters. The average Bonchev–Trinajstić information content (AvgIpc) is 2.79. The lowest BCUT2D eigenvalue weighted by atomic mass is 9.97. The molecule has 0 spiro atoms. The van der Waals surface area contributed by atoms with E-state index in [1.807, 2.05) is 55.5 Å². The van der Waals surface area contributed by atoms with Crippen LogP contribution in [0.2, 0.25) is 5.02 Å². The monoisotopic (exact) mass is 456 g/mol. The van der Waals surface area contributed by atoms with E-state index < -0.39 is 0 Å². The molecule has 0 aromatic heterocycles. The molecule has 1 aliphatic rings. The van der Waals surface area contributed by atoms with Crippen LogP contribution in [0.4, 0.5) is 0 Å². The number of esters is 1. The van der Waals surface area contributed by atoms with Crippen molar-refractivity contribution in [2.24, 2.45) is 0 Å². The Bertz CT molecular complexity index is 951. The third-order valence-electron chi connectivity index (χ3n) is 5.00. The Morgan fingerprint density at radius 2 is 2.03 bits per heavy atom. The first-order valence-electron chi connectivity index (χ1n) is 10.7. The van der Waals surface area contributed by atoms with Gasteiger partial charge in [-0.05, 0) is 55.2 Å². The van der Waals surface area contributed by atoms with Crippen molar-refractivity contribution < 1.29 is 23.7 Å². The molecule has 3 rings (SSSR count). The first kappa shape index (κ1) is 23.9. The molecule has 0 N–H and O–H groups in total. The Hall–Kier alpha value is -2.76. The highest BCUT2D eigenvalue weighted by molar-refractivity contribution is 6.31. The van der Waals surface area contributed by atoms with Gasteiger partial charge in [0.25, 0.3) is 0 Å². The predicted molar refractivity (Wildman–Crippen MR) is 126 cm³/mol. The van der Waals surface area contributed by atoms with Gasteiger partial charge in [0, 0.05) is 17.5 Å². The summed E-state index contributed by atoms with van der Waals surface area (Å²) in [6.45, 7) is 8.25. The van der Waals surface area contributed by atoms with Crippen molar-refractivity contribution in [3.63, 3.8) is 0 Å². The van der Waals surface area contributed by atoms with Gasteiger partial charge in [0.1, 0.15) is 30.8 Å². The van der Waals surface area contributed by atoms with E-state index in [1.54, 1.807) is 6.08 Å². The fourth-order valence-electron chi connectivity index (χ4n) is 3.53. The van der Waals surface area contributed by atoms with Gasteiger partial charge in [-0.3, -0.25) is 4.79 Å². The van der Waals surface area contributed by atoms with Crippen LogP contribution in [0.1, 0.15) is 43.1 Å². The number of carbonyl (C=O) groups excluding carboxylic acids is 1. The van der Waals surface area contributed by atoms with Crippen molar-refractivity contribution in [1.29, 1.82) is 0 Å². The van der Waals surface area contributed by atoms with Gasteiger partial charge in [0.05, 0.1) is 12.7 Å². The van der Waals surface area contributed by atoms with E-state index in [4.69, 9.17) is 30.5 Å². The molecule has 170 valence electrons. The van der Waals surface area contributed by atoms with E-state index in [0.717, 1.165) is 22.4 Å². The molecule has 6 heteroatoms. The van der Waals surface area contributed by atoms with E-state index in [2.05, 4.69) is 6.58 Å². The van der Waals surface area contributed by atoms with Gasteiger partial charge in [0.15, 0.2) is 0 Å². The summed E-state index contributed by atoms with van der Waals surface area (Å²) < 4.78 is 22.7. The number of rotatable bonds is 10. The van der Waals surface area contributed by atoms with E-state index in [1.165, 1.54) is 6.92 Å². The number of carbonyl (C=O) groups is 1. The van der Waals surface area contributed by atoms with Crippen molar-refractivity contribution in [2.45, 2.75) is 38.9 Å². The highest BCUT2D eigenvalue weighted by Gasteiger charge is 2.25. The van der Waals surface area contributed by atoms with Crippen LogP contribution in [0.5, 0.6) is 11.5 Å². The maximum absolute atomic E-state index is 11.2. The van der Waals surface area contributed by atoms with Crippen LogP contribution in [-0.2, 0) is 20.7 Å². The molecule has 0 amide bonds. The van der Waals surface area contributed by atoms with Crippen molar-refractivity contribution in [3.8, 4) is 11.5 Å². The van der Waals surface area contributed by atoms with Crippen LogP contribution in [0.25, 0.3) is 0 Å². The van der Waals surface area contributed by atoms with E-state index >= 15 is 0 Å². The molecule has 0 bridgehead atoms. The number of hydrogen-bond acceptors (Lipinski definition) is 5. The van der Waals surface area contributed by atoms with E-state index in [0.29, 0.717) is 36.8 Å². The minimum Gasteiger partial charge on any atom is -0.494 e. The van der Waals surface area contributed by atoms with Gasteiger partial charge in [0.2, 0.25) is 0 Å². The normalized spacial score (nSPS) is 17.6. The number of benzene rings is 2. The molecular formula is C26H29ClO5. The summed E-state index contributed by atoms with van der Waals surface area (Å²) in [5, 5.41) is 0.629. The van der Waals surface area contributed by atoms with Gasteiger partial charge in [-0.15, -0.1) is 0 Å². The van der Waals surface area contributed by atoms with Gasteiger partial charge in [-0.1, -0.05) is 48.5 Å². The van der Waals surface area contributed by atoms with Crippen molar-refractivity contribution >= 4 is 17.6 Å². The number of hydrogen-bond donors (Lipinski definition) is 0. The van der Waals surface area contributed by atoms with Crippen LogP contribution >= 0.6 is 11.6 Å². The molecule has 0 saturated carbocycles. The fourth-order valence-corrected chi connectivity index (χ4v) is 3.75. The lowest BCUT2D eigenvalue weighted by Crippen LogP contribution is -2.24. The Morgan fingerprint density at radius 3 is 2.72 bits per heavy atom. The molecule has 0 radical (unpaired) electrons. The Balaban J connectivity index is 1.85. The fraction of sp³-hybridized carbons (Fsp3) is 0.346. The zero-order valence-electron chi connectivity index (χ0n) is 18.5. The summed E-state index contributed by atoms with van der Waals surface area (Å²) in [6, 6.07) is 11.9. The van der Waals surface area contributed by atoms with Crippen LogP contribution < -0.4 is 9.47 Å². The van der Waals surface area contributed by atoms with Gasteiger partial charge >= 0.3 is 5.97 Å². The second-order valence-corrected chi connectivity index (χ2v) is 7.87. The molecule has 0 aliphatic carbocycles. The minimum atomic E-state index is -0.330. The summed E-state index contributed by atoms with van der Waals surface area (Å²) in [7, 11) is 0. The summed E-state index contributed by atoms with van der Waals surface area (Å²) in [4.78, 5) is 11.2. The van der Waals surface area contributed by atoms with Crippen molar-refractivity contribution in [1.82, 2.24) is 0 Å². The molecule has 5 nitrogen and oxygen atoms in total. The highest BCUT2D eigenvalue weighted by atomic mass is 35.5. The Labute approximate surface area is 194 Å². The maximum atomic E-state index is 11.2. The minimum absolute atomic E-state index is 0.178. The quantitative estimate of drug-likeness (QED) is 0.332. The summed E-state index contributed by atoms with van der Waals surface area (Å²) in [6.07, 6.45) is 6.45. The molecule has 0 fully saturated rings. The summed E-state index contributed by atoms with van der Waals surface area (Å²) >= 11 is 6.62. The molecular weight excluding hydrogens is 428 g/mol. The summed E-state index contributed by atoms with van der Waals surface area (Å²) in [5.74, 6) is 1.18. The van der Waals surface area contributed by atoms with Gasteiger partial charge < -0.3 is 18.9 Å². The van der Waals surface area contributed by atoms with Gasteiger partial charge in [-0.2, -0.15) is 0 Å². The third kappa shape index (κ3) is 6.62. The molecule has 2 aromatic carbocycles. The maximum Gasteiger partial charge on any atom is 0.302 e. The molecule has 1 aliphatic heterocycles. The third-order valence-corrected chi connectivity index (χ3v) is 5.35. The second-order valence-electron chi connectivity index (χ2n) is 7.46. The number of halogens is 1. The Kier molecular flexibility index (Phi) is 8.77. The molecule has 2 atom stereocenters. The standard InChI is InChI=1S/C26H29ClO5/c1-4-13-30-26-16-24(27)20(14-19-9-11-21(12-10-19)29-5-2)15-23(26)25-8-6-7-22(32-25)17-31-18(3)28/h4,6-7,9-12,15-16,22,25H,1,5,8,13-14,17H2,2-3H3/t22-,25+/m1/s1. The van der Waals surface area contributed by atoms with E-state index in [-0.39, 0.29) is 24.8 Å². The molecule has 1 heterocycles. The zero-order chi connectivity index (χ0) is 22.9. The molecule has 0 saturated heterocycles. The zero-order valence-corrected chi connectivity index (χ0v) is 19.3. The lowest BCUT2D eigenvalue weighted by molar-refractivity contribution is -0.145. The van der Waals surface area contributed by atoms with Crippen LogP contribution in [0.3, 0.4) is 0 Å². The first-order chi connectivity index (χ1) is 15.5. The SMILES string of the molecule is C=CCOc1cc(Cl)c(Cc2ccc(OCC)cc2)cc1[C@@H]1CC=C[C@H](COC(C)=O)O1. The molecule has 2 aromatic rings. The molecule has 32 heavy (non-hydrogen) atoms. The highest BCUT2D eigenvalue weighted by Crippen LogP contribution is 2.38. The van der Waals surface area contributed by atoms with Crippen LogP contribution in [0.15, 0.2) is 61.2 Å². The second kappa shape index (κ2) is 11.7. The largest absolute Gasteiger partial charge is 0.494 e. The van der Waals surface area contributed by atoms with Crippen LogP contribution in [-0.4, -0.2) is 31.9 Å². The van der Waals surface area contributed by atoms with Crippen LogP contribution in [0, 0.1) is 0 Å². The summed E-state index contributed by atoms with van der Waals surface area (Å²) in [5.41, 5.74) is 3.01. The average molecular weight is 457 g/mol. The topological polar surface area (TPSA) is 54.0 Å². The lowest BCUT2D eigenvalue weighted by Gasteiger charge is -2.28. The smallest absolute Gasteiger partial charge is 0.302 e.